The van der Waals surface area contributed by atoms with Crippen LogP contribution in [0.3, 0.4) is 0 Å². The Hall–Kier alpha value is 0.0200. The van der Waals surface area contributed by atoms with Gasteiger partial charge in [0.05, 0.1) is 13.2 Å². The standard InChI is InChI=1S/C5H11O3P/c1-3-7-5(9-6)8-4-2/h5H,3-4H2,1-2H3/p+1. The van der Waals surface area contributed by atoms with E-state index >= 15 is 0 Å². The van der Waals surface area contributed by atoms with E-state index in [-0.39, 0.29) is 0 Å². The molecule has 0 aliphatic rings. The molecule has 0 saturated carbocycles. The molecule has 1 unspecified atom stereocenters. The highest BCUT2D eigenvalue weighted by Crippen LogP contribution is 2.08. The van der Waals surface area contributed by atoms with Crippen molar-refractivity contribution in [1.29, 1.82) is 0 Å². The van der Waals surface area contributed by atoms with Gasteiger partial charge < -0.3 is 9.47 Å². The van der Waals surface area contributed by atoms with E-state index in [0.717, 1.165) is 0 Å². The van der Waals surface area contributed by atoms with Crippen molar-refractivity contribution in [1.82, 2.24) is 0 Å². The van der Waals surface area contributed by atoms with E-state index in [1.54, 1.807) is 0 Å². The van der Waals surface area contributed by atoms with E-state index in [9.17, 15) is 4.57 Å². The molecule has 0 rings (SSSR count). The SMILES string of the molecule is CCOC(OCC)[PH+]=O. The third-order valence-electron chi connectivity index (χ3n) is 0.732. The van der Waals surface area contributed by atoms with Gasteiger partial charge in [-0.2, -0.15) is 0 Å². The second-order valence-electron chi connectivity index (χ2n) is 1.36. The maximum absolute atomic E-state index is 10.2. The molecule has 0 radical (unpaired) electrons. The summed E-state index contributed by atoms with van der Waals surface area (Å²) in [6.45, 7) is 4.76. The zero-order valence-corrected chi connectivity index (χ0v) is 6.72. The van der Waals surface area contributed by atoms with Gasteiger partial charge in [0.25, 0.3) is 0 Å². The van der Waals surface area contributed by atoms with Crippen LogP contribution >= 0.6 is 8.46 Å². The average Bonchev–Trinajstić information content (AvgIpc) is 1.88. The lowest BCUT2D eigenvalue weighted by atomic mass is 10.9. The Kier molecular flexibility index (Phi) is 6.16. The molecule has 0 aliphatic heterocycles. The van der Waals surface area contributed by atoms with Gasteiger partial charge in [0.1, 0.15) is 0 Å². The van der Waals surface area contributed by atoms with Crippen LogP contribution in [0.15, 0.2) is 0 Å². The first kappa shape index (κ1) is 9.02. The van der Waals surface area contributed by atoms with Crippen molar-refractivity contribution in [3.63, 3.8) is 0 Å². The summed E-state index contributed by atoms with van der Waals surface area (Å²) in [6.07, 6.45) is 0. The lowest BCUT2D eigenvalue weighted by Gasteiger charge is -2.01. The molecule has 4 heteroatoms. The molecule has 0 N–H and O–H groups in total. The Morgan fingerprint density at radius 3 is 2.00 bits per heavy atom. The molecule has 3 nitrogen and oxygen atoms in total. The predicted octanol–water partition coefficient (Wildman–Crippen LogP) is 1.37. The molecule has 0 bridgehead atoms. The average molecular weight is 151 g/mol. The predicted molar refractivity (Wildman–Crippen MR) is 36.0 cm³/mol. The van der Waals surface area contributed by atoms with Crippen LogP contribution in [0.2, 0.25) is 0 Å². The van der Waals surface area contributed by atoms with Crippen LogP contribution in [0.25, 0.3) is 0 Å². The van der Waals surface area contributed by atoms with Gasteiger partial charge in [0, 0.05) is 0 Å². The van der Waals surface area contributed by atoms with Gasteiger partial charge in [-0.25, -0.2) is 0 Å². The molecule has 0 heterocycles. The van der Waals surface area contributed by atoms with Gasteiger partial charge in [-0.1, -0.05) is 4.57 Å². The van der Waals surface area contributed by atoms with Crippen LogP contribution < -0.4 is 0 Å². The van der Waals surface area contributed by atoms with Crippen LogP contribution in [0.1, 0.15) is 13.8 Å². The van der Waals surface area contributed by atoms with Crippen molar-refractivity contribution in [2.75, 3.05) is 13.2 Å². The van der Waals surface area contributed by atoms with E-state index in [1.807, 2.05) is 13.8 Å². The Morgan fingerprint density at radius 1 is 1.33 bits per heavy atom. The molecule has 54 valence electrons. The Labute approximate surface area is 56.5 Å². The van der Waals surface area contributed by atoms with Gasteiger partial charge in [0.2, 0.25) is 0 Å². The molecule has 0 aliphatic carbocycles. The molecular formula is C5H12O3P+. The molecule has 0 spiro atoms. The largest absolute Gasteiger partial charge is 0.387 e. The van der Waals surface area contributed by atoms with Gasteiger partial charge in [0.15, 0.2) is 0 Å². The topological polar surface area (TPSA) is 35.5 Å². The van der Waals surface area contributed by atoms with Crippen molar-refractivity contribution in [2.45, 2.75) is 19.9 Å². The molecule has 0 amide bonds. The highest BCUT2D eigenvalue weighted by Gasteiger charge is 2.13. The Balaban J connectivity index is 3.29. The second kappa shape index (κ2) is 6.14. The summed E-state index contributed by atoms with van der Waals surface area (Å²) in [5.41, 5.74) is 0. The minimum atomic E-state index is -0.532. The second-order valence-corrected chi connectivity index (χ2v) is 2.07. The summed E-state index contributed by atoms with van der Waals surface area (Å²) >= 11 is 0. The maximum atomic E-state index is 10.2. The fourth-order valence-corrected chi connectivity index (χ4v) is 0.888. The number of hydrogen-bond donors (Lipinski definition) is 0. The number of rotatable bonds is 5. The molecular weight excluding hydrogens is 139 g/mol. The van der Waals surface area contributed by atoms with Crippen LogP contribution in [-0.2, 0) is 14.0 Å². The first-order valence-corrected chi connectivity index (χ1v) is 3.94. The highest BCUT2D eigenvalue weighted by atomic mass is 31.1. The van der Waals surface area contributed by atoms with Gasteiger partial charge >= 0.3 is 14.5 Å². The summed E-state index contributed by atoms with van der Waals surface area (Å²) in [7, 11) is -0.532. The van der Waals surface area contributed by atoms with Crippen molar-refractivity contribution in [3.05, 3.63) is 0 Å². The van der Waals surface area contributed by atoms with Crippen LogP contribution in [0.5, 0.6) is 0 Å². The molecule has 0 aromatic rings. The van der Waals surface area contributed by atoms with E-state index < -0.39 is 14.5 Å². The Bertz CT molecular complexity index is 70.6. The summed E-state index contributed by atoms with van der Waals surface area (Å²) in [5.74, 6) is 0. The lowest BCUT2D eigenvalue weighted by Crippen LogP contribution is -2.09. The zero-order chi connectivity index (χ0) is 7.11. The quantitative estimate of drug-likeness (QED) is 0.439. The van der Waals surface area contributed by atoms with Crippen LogP contribution in [-0.4, -0.2) is 19.2 Å². The third-order valence-corrected chi connectivity index (χ3v) is 1.26. The fraction of sp³-hybridized carbons (Fsp3) is 1.00. The molecule has 0 aromatic heterocycles. The number of ether oxygens (including phenoxy) is 2. The molecule has 1 atom stereocenters. The number of hydrogen-bond acceptors (Lipinski definition) is 3. The van der Waals surface area contributed by atoms with E-state index in [2.05, 4.69) is 0 Å². The first-order valence-electron chi connectivity index (χ1n) is 2.96. The van der Waals surface area contributed by atoms with Crippen molar-refractivity contribution in [3.8, 4) is 0 Å². The Morgan fingerprint density at radius 2 is 1.78 bits per heavy atom. The van der Waals surface area contributed by atoms with E-state index in [0.29, 0.717) is 13.2 Å². The van der Waals surface area contributed by atoms with Gasteiger partial charge in [-0.3, -0.25) is 0 Å². The molecule has 0 saturated heterocycles. The van der Waals surface area contributed by atoms with Gasteiger partial charge in [-0.05, 0) is 13.8 Å². The molecule has 0 fully saturated rings. The van der Waals surface area contributed by atoms with E-state index in [4.69, 9.17) is 9.47 Å². The minimum Gasteiger partial charge on any atom is -0.313 e. The monoisotopic (exact) mass is 151 g/mol. The van der Waals surface area contributed by atoms with Crippen molar-refractivity contribution >= 4 is 8.46 Å². The summed E-state index contributed by atoms with van der Waals surface area (Å²) < 4.78 is 20.0. The van der Waals surface area contributed by atoms with Crippen LogP contribution in [0, 0.1) is 0 Å². The lowest BCUT2D eigenvalue weighted by molar-refractivity contribution is -0.0775. The normalized spacial score (nSPS) is 11.0. The summed E-state index contributed by atoms with van der Waals surface area (Å²) in [6, 6.07) is -0.514. The summed E-state index contributed by atoms with van der Waals surface area (Å²) in [4.78, 5) is 0. The van der Waals surface area contributed by atoms with Crippen molar-refractivity contribution < 1.29 is 14.0 Å². The third kappa shape index (κ3) is 4.52. The van der Waals surface area contributed by atoms with E-state index in [1.165, 1.54) is 0 Å². The van der Waals surface area contributed by atoms with Crippen LogP contribution in [0.4, 0.5) is 0 Å². The first-order chi connectivity index (χ1) is 4.35. The fourth-order valence-electron chi connectivity index (χ4n) is 0.419. The highest BCUT2D eigenvalue weighted by molar-refractivity contribution is 7.24. The van der Waals surface area contributed by atoms with Crippen molar-refractivity contribution in [2.24, 2.45) is 0 Å². The smallest absolute Gasteiger partial charge is 0.313 e. The molecule has 9 heavy (non-hydrogen) atoms. The maximum Gasteiger partial charge on any atom is 0.387 e. The molecule has 0 aromatic carbocycles. The van der Waals surface area contributed by atoms with Gasteiger partial charge in [-0.15, -0.1) is 0 Å². The summed E-state index contributed by atoms with van der Waals surface area (Å²) in [5, 5.41) is 0. The minimum absolute atomic E-state index is 0.514. The zero-order valence-electron chi connectivity index (χ0n) is 5.72.